The molecule has 1 heterocycles. The summed E-state index contributed by atoms with van der Waals surface area (Å²) in [4.78, 5) is 18.0. The number of H-pyrrole nitrogens is 1. The molecule has 0 aliphatic carbocycles. The van der Waals surface area contributed by atoms with Gasteiger partial charge in [-0.3, -0.25) is 4.79 Å². The maximum absolute atomic E-state index is 11.4. The van der Waals surface area contributed by atoms with Crippen LogP contribution in [-0.4, -0.2) is 9.97 Å². The molecule has 0 aliphatic heterocycles. The van der Waals surface area contributed by atoms with Crippen LogP contribution in [0.3, 0.4) is 0 Å². The maximum atomic E-state index is 11.4. The van der Waals surface area contributed by atoms with Gasteiger partial charge in [0.1, 0.15) is 11.5 Å². The average Bonchev–Trinajstić information content (AvgIpc) is 2.27. The fourth-order valence-corrected chi connectivity index (χ4v) is 1.42. The molecule has 2 rings (SSSR count). The first kappa shape index (κ1) is 10.2. The van der Waals surface area contributed by atoms with Crippen LogP contribution in [0.25, 0.3) is 0 Å². The van der Waals surface area contributed by atoms with Crippen molar-refractivity contribution < 1.29 is 0 Å². The Hall–Kier alpha value is -2.30. The van der Waals surface area contributed by atoms with E-state index < -0.39 is 5.56 Å². The van der Waals surface area contributed by atoms with Crippen LogP contribution < -0.4 is 17.0 Å². The van der Waals surface area contributed by atoms with Gasteiger partial charge in [-0.25, -0.2) is 4.98 Å². The van der Waals surface area contributed by atoms with Crippen molar-refractivity contribution in [3.05, 3.63) is 52.1 Å². The predicted octanol–water partition coefficient (Wildman–Crippen LogP) is 0.525. The second-order valence-corrected chi connectivity index (χ2v) is 3.47. The Morgan fingerprint density at radius 1 is 1.19 bits per heavy atom. The van der Waals surface area contributed by atoms with E-state index in [-0.39, 0.29) is 11.5 Å². The molecular formula is C11H12N4O. The summed E-state index contributed by atoms with van der Waals surface area (Å²) in [6.07, 6.45) is 0.528. The summed E-state index contributed by atoms with van der Waals surface area (Å²) in [7, 11) is 0. The highest BCUT2D eigenvalue weighted by atomic mass is 16.1. The van der Waals surface area contributed by atoms with Crippen molar-refractivity contribution in [3.8, 4) is 0 Å². The highest BCUT2D eigenvalue weighted by Gasteiger charge is 2.05. The fourth-order valence-electron chi connectivity index (χ4n) is 1.42. The Morgan fingerprint density at radius 2 is 1.88 bits per heavy atom. The lowest BCUT2D eigenvalue weighted by atomic mass is 10.1. The maximum Gasteiger partial charge on any atom is 0.276 e. The summed E-state index contributed by atoms with van der Waals surface area (Å²) >= 11 is 0. The first-order valence-corrected chi connectivity index (χ1v) is 4.85. The Bertz CT molecular complexity index is 548. The number of hydrogen-bond acceptors (Lipinski definition) is 4. The van der Waals surface area contributed by atoms with Gasteiger partial charge in [0.05, 0.1) is 0 Å². The molecule has 0 amide bonds. The molecule has 82 valence electrons. The van der Waals surface area contributed by atoms with E-state index in [0.29, 0.717) is 12.2 Å². The number of nitrogens with zero attached hydrogens (tertiary/aromatic N) is 1. The molecule has 5 N–H and O–H groups in total. The van der Waals surface area contributed by atoms with Crippen LogP contribution in [0.5, 0.6) is 0 Å². The van der Waals surface area contributed by atoms with Crippen LogP contribution in [0.2, 0.25) is 0 Å². The summed E-state index contributed by atoms with van der Waals surface area (Å²) in [6.45, 7) is 0. The molecule has 5 nitrogen and oxygen atoms in total. The molecule has 16 heavy (non-hydrogen) atoms. The monoisotopic (exact) mass is 216 g/mol. The van der Waals surface area contributed by atoms with Crippen LogP contribution in [0.1, 0.15) is 11.4 Å². The Labute approximate surface area is 92.1 Å². The smallest absolute Gasteiger partial charge is 0.276 e. The van der Waals surface area contributed by atoms with E-state index in [9.17, 15) is 4.79 Å². The number of nitrogens with one attached hydrogen (secondary N) is 1. The minimum absolute atomic E-state index is 0.0307. The van der Waals surface area contributed by atoms with Gasteiger partial charge in [0, 0.05) is 6.42 Å². The van der Waals surface area contributed by atoms with Gasteiger partial charge in [-0.05, 0) is 5.56 Å². The topological polar surface area (TPSA) is 97.8 Å². The molecule has 0 aliphatic rings. The summed E-state index contributed by atoms with van der Waals surface area (Å²) in [5.74, 6) is 0.595. The normalized spacial score (nSPS) is 10.2. The van der Waals surface area contributed by atoms with Gasteiger partial charge < -0.3 is 16.5 Å². The SMILES string of the molecule is Nc1nc(Cc2ccccc2)[nH]c(=O)c1N. The Balaban J connectivity index is 2.33. The van der Waals surface area contributed by atoms with Gasteiger partial charge in [0.25, 0.3) is 5.56 Å². The Morgan fingerprint density at radius 3 is 2.50 bits per heavy atom. The molecule has 1 aromatic heterocycles. The molecule has 0 bridgehead atoms. The van der Waals surface area contributed by atoms with Crippen molar-refractivity contribution >= 4 is 11.5 Å². The largest absolute Gasteiger partial charge is 0.391 e. The van der Waals surface area contributed by atoms with Gasteiger partial charge >= 0.3 is 0 Å². The summed E-state index contributed by atoms with van der Waals surface area (Å²) < 4.78 is 0. The van der Waals surface area contributed by atoms with Gasteiger partial charge in [-0.15, -0.1) is 0 Å². The van der Waals surface area contributed by atoms with Crippen LogP contribution in [0, 0.1) is 0 Å². The van der Waals surface area contributed by atoms with E-state index in [2.05, 4.69) is 9.97 Å². The number of nitrogen functional groups attached to an aromatic ring is 2. The molecule has 0 atom stereocenters. The molecule has 1 aromatic carbocycles. The number of aromatic amines is 1. The van der Waals surface area contributed by atoms with Crippen LogP contribution in [-0.2, 0) is 6.42 Å². The number of nitrogens with two attached hydrogens (primary N) is 2. The molecule has 0 saturated carbocycles. The number of aromatic nitrogens is 2. The minimum atomic E-state index is -0.390. The molecule has 5 heteroatoms. The number of hydrogen-bond donors (Lipinski definition) is 3. The van der Waals surface area contributed by atoms with E-state index in [1.807, 2.05) is 30.3 Å². The first-order valence-electron chi connectivity index (χ1n) is 4.85. The molecule has 2 aromatic rings. The zero-order valence-corrected chi connectivity index (χ0v) is 8.60. The van der Waals surface area contributed by atoms with Crippen molar-refractivity contribution in [2.75, 3.05) is 11.5 Å². The van der Waals surface area contributed by atoms with E-state index in [4.69, 9.17) is 11.5 Å². The Kier molecular flexibility index (Phi) is 2.59. The van der Waals surface area contributed by atoms with E-state index in [1.54, 1.807) is 0 Å². The van der Waals surface area contributed by atoms with Gasteiger partial charge in [0.15, 0.2) is 5.82 Å². The average molecular weight is 216 g/mol. The molecule has 0 radical (unpaired) electrons. The fraction of sp³-hybridized carbons (Fsp3) is 0.0909. The minimum Gasteiger partial charge on any atom is -0.391 e. The summed E-state index contributed by atoms with van der Waals surface area (Å²) in [6, 6.07) is 9.68. The summed E-state index contributed by atoms with van der Waals surface area (Å²) in [5, 5.41) is 0. The lowest BCUT2D eigenvalue weighted by molar-refractivity contribution is 0.956. The third-order valence-corrected chi connectivity index (χ3v) is 2.25. The lowest BCUT2D eigenvalue weighted by Crippen LogP contribution is -2.18. The zero-order chi connectivity index (χ0) is 11.5. The standard InChI is InChI=1S/C11H12N4O/c12-9-10(13)14-8(15-11(9)16)6-7-4-2-1-3-5-7/h1-5H,6,12H2,(H3,13,14,15,16). The second kappa shape index (κ2) is 4.06. The molecular weight excluding hydrogens is 204 g/mol. The zero-order valence-electron chi connectivity index (χ0n) is 8.60. The van der Waals surface area contributed by atoms with Crippen LogP contribution >= 0.6 is 0 Å². The van der Waals surface area contributed by atoms with Crippen molar-refractivity contribution in [2.24, 2.45) is 0 Å². The van der Waals surface area contributed by atoms with Gasteiger partial charge in [-0.1, -0.05) is 30.3 Å². The van der Waals surface area contributed by atoms with Crippen LogP contribution in [0.15, 0.2) is 35.1 Å². The van der Waals surface area contributed by atoms with Crippen LogP contribution in [0.4, 0.5) is 11.5 Å². The third kappa shape index (κ3) is 2.03. The first-order chi connectivity index (χ1) is 7.66. The van der Waals surface area contributed by atoms with E-state index in [1.165, 1.54) is 0 Å². The second-order valence-electron chi connectivity index (χ2n) is 3.47. The van der Waals surface area contributed by atoms with Gasteiger partial charge in [0.2, 0.25) is 0 Å². The van der Waals surface area contributed by atoms with Gasteiger partial charge in [-0.2, -0.15) is 0 Å². The quantitative estimate of drug-likeness (QED) is 0.681. The highest BCUT2D eigenvalue weighted by Crippen LogP contribution is 2.08. The van der Waals surface area contributed by atoms with Crippen molar-refractivity contribution in [2.45, 2.75) is 6.42 Å². The molecule has 0 saturated heterocycles. The number of rotatable bonds is 2. The number of benzene rings is 1. The van der Waals surface area contributed by atoms with Crippen molar-refractivity contribution in [1.29, 1.82) is 0 Å². The predicted molar refractivity (Wildman–Crippen MR) is 62.9 cm³/mol. The lowest BCUT2D eigenvalue weighted by Gasteiger charge is -2.03. The number of anilines is 2. The third-order valence-electron chi connectivity index (χ3n) is 2.25. The molecule has 0 fully saturated rings. The van der Waals surface area contributed by atoms with Crippen molar-refractivity contribution in [1.82, 2.24) is 9.97 Å². The summed E-state index contributed by atoms with van der Waals surface area (Å²) in [5.41, 5.74) is 11.6. The molecule has 0 unspecified atom stereocenters. The highest BCUT2D eigenvalue weighted by molar-refractivity contribution is 5.55. The van der Waals surface area contributed by atoms with Crippen molar-refractivity contribution in [3.63, 3.8) is 0 Å². The van der Waals surface area contributed by atoms with E-state index >= 15 is 0 Å². The van der Waals surface area contributed by atoms with E-state index in [0.717, 1.165) is 5.56 Å². The molecule has 0 spiro atoms.